The summed E-state index contributed by atoms with van der Waals surface area (Å²) in [5.74, 6) is -2.07. The number of H-pyrrole nitrogens is 1. The summed E-state index contributed by atoms with van der Waals surface area (Å²) in [6.07, 6.45) is 0.875. The zero-order chi connectivity index (χ0) is 15.4. The van der Waals surface area contributed by atoms with Gasteiger partial charge in [-0.1, -0.05) is 13.3 Å². The van der Waals surface area contributed by atoms with Gasteiger partial charge in [-0.3, -0.25) is 5.10 Å². The summed E-state index contributed by atoms with van der Waals surface area (Å²) >= 11 is 0. The molecule has 1 N–H and O–H groups in total. The molecule has 1 unspecified atom stereocenters. The molecule has 0 radical (unpaired) electrons. The van der Waals surface area contributed by atoms with Crippen LogP contribution in [0.3, 0.4) is 0 Å². The van der Waals surface area contributed by atoms with Crippen LogP contribution in [0.1, 0.15) is 48.1 Å². The minimum atomic E-state index is -0.829. The number of nitrogens with one attached hydrogen (secondary N) is 1. The second-order valence-electron chi connectivity index (χ2n) is 4.74. The molecule has 1 aromatic heterocycles. The monoisotopic (exact) mass is 294 g/mol. The van der Waals surface area contributed by atoms with Crippen LogP contribution in [-0.2, 0) is 11.2 Å². The quantitative estimate of drug-likeness (QED) is 0.858. The molecule has 0 aliphatic heterocycles. The number of rotatable bonds is 5. The van der Waals surface area contributed by atoms with E-state index in [1.54, 1.807) is 6.07 Å². The van der Waals surface area contributed by atoms with E-state index >= 15 is 0 Å². The first kappa shape index (κ1) is 15.2. The number of benzene rings is 1. The van der Waals surface area contributed by atoms with Gasteiger partial charge in [-0.2, -0.15) is 5.10 Å². The first-order chi connectivity index (χ1) is 10.0. The Bertz CT molecular complexity index is 640. The van der Waals surface area contributed by atoms with Gasteiger partial charge in [-0.05, 0) is 31.5 Å². The van der Waals surface area contributed by atoms with E-state index in [9.17, 15) is 13.6 Å². The van der Waals surface area contributed by atoms with Gasteiger partial charge in [0, 0.05) is 17.3 Å². The standard InChI is InChI=1S/C15H16F2N2O2/c1-3-4-11-8-14(19-18-11)15(20)21-9(2)12-6-5-10(16)7-13(12)17/h5-9H,3-4H2,1-2H3,(H,18,19). The van der Waals surface area contributed by atoms with Crippen LogP contribution in [0, 0.1) is 11.6 Å². The lowest BCUT2D eigenvalue weighted by molar-refractivity contribution is 0.0324. The lowest BCUT2D eigenvalue weighted by Gasteiger charge is -2.13. The predicted molar refractivity (Wildman–Crippen MR) is 72.8 cm³/mol. The maximum Gasteiger partial charge on any atom is 0.359 e. The van der Waals surface area contributed by atoms with Crippen molar-refractivity contribution >= 4 is 5.97 Å². The number of carbonyl (C=O) groups is 1. The van der Waals surface area contributed by atoms with E-state index in [0.717, 1.165) is 30.7 Å². The van der Waals surface area contributed by atoms with Crippen LogP contribution in [0.25, 0.3) is 0 Å². The highest BCUT2D eigenvalue weighted by Crippen LogP contribution is 2.22. The molecule has 0 spiro atoms. The summed E-state index contributed by atoms with van der Waals surface area (Å²) in [5, 5.41) is 6.61. The Balaban J connectivity index is 2.07. The van der Waals surface area contributed by atoms with E-state index in [0.29, 0.717) is 0 Å². The molecule has 0 amide bonds. The van der Waals surface area contributed by atoms with Crippen molar-refractivity contribution in [3.05, 3.63) is 52.9 Å². The number of aryl methyl sites for hydroxylation is 1. The highest BCUT2D eigenvalue weighted by molar-refractivity contribution is 5.87. The second kappa shape index (κ2) is 6.47. The lowest BCUT2D eigenvalue weighted by Crippen LogP contribution is -2.11. The van der Waals surface area contributed by atoms with E-state index in [2.05, 4.69) is 10.2 Å². The van der Waals surface area contributed by atoms with Gasteiger partial charge in [0.1, 0.15) is 17.7 Å². The van der Waals surface area contributed by atoms with E-state index in [1.165, 1.54) is 13.0 Å². The average Bonchev–Trinajstić information content (AvgIpc) is 2.87. The maximum absolute atomic E-state index is 13.6. The minimum Gasteiger partial charge on any atom is -0.453 e. The molecule has 4 nitrogen and oxygen atoms in total. The normalized spacial score (nSPS) is 12.2. The molecule has 0 saturated heterocycles. The van der Waals surface area contributed by atoms with Crippen molar-refractivity contribution in [3.63, 3.8) is 0 Å². The van der Waals surface area contributed by atoms with E-state index in [1.807, 2.05) is 6.92 Å². The number of nitrogens with zero attached hydrogens (tertiary/aromatic N) is 1. The van der Waals surface area contributed by atoms with Crippen LogP contribution in [0.2, 0.25) is 0 Å². The van der Waals surface area contributed by atoms with E-state index in [-0.39, 0.29) is 11.3 Å². The number of esters is 1. The largest absolute Gasteiger partial charge is 0.453 e. The number of hydrogen-bond donors (Lipinski definition) is 1. The summed E-state index contributed by atoms with van der Waals surface area (Å²) in [4.78, 5) is 11.9. The Labute approximate surface area is 121 Å². The van der Waals surface area contributed by atoms with Crippen molar-refractivity contribution in [1.29, 1.82) is 0 Å². The molecular weight excluding hydrogens is 278 g/mol. The molecule has 21 heavy (non-hydrogen) atoms. The van der Waals surface area contributed by atoms with Crippen molar-refractivity contribution < 1.29 is 18.3 Å². The van der Waals surface area contributed by atoms with Crippen LogP contribution in [0.4, 0.5) is 8.78 Å². The van der Waals surface area contributed by atoms with Gasteiger partial charge >= 0.3 is 5.97 Å². The Morgan fingerprint density at radius 3 is 2.81 bits per heavy atom. The third kappa shape index (κ3) is 3.65. The van der Waals surface area contributed by atoms with Crippen LogP contribution >= 0.6 is 0 Å². The number of carbonyl (C=O) groups excluding carboxylic acids is 1. The maximum atomic E-state index is 13.6. The fourth-order valence-electron chi connectivity index (χ4n) is 1.98. The van der Waals surface area contributed by atoms with Gasteiger partial charge in [-0.15, -0.1) is 0 Å². The molecule has 0 fully saturated rings. The van der Waals surface area contributed by atoms with Gasteiger partial charge < -0.3 is 4.74 Å². The number of hydrogen-bond acceptors (Lipinski definition) is 3. The minimum absolute atomic E-state index is 0.120. The van der Waals surface area contributed by atoms with Gasteiger partial charge in [0.25, 0.3) is 0 Å². The summed E-state index contributed by atoms with van der Waals surface area (Å²) in [6, 6.07) is 4.75. The summed E-state index contributed by atoms with van der Waals surface area (Å²) in [5.41, 5.74) is 1.10. The van der Waals surface area contributed by atoms with E-state index < -0.39 is 23.7 Å². The third-order valence-electron chi connectivity index (χ3n) is 3.04. The SMILES string of the molecule is CCCc1cc(C(=O)OC(C)c2ccc(F)cc2F)n[nH]1. The average molecular weight is 294 g/mol. The van der Waals surface area contributed by atoms with Crippen LogP contribution in [0.15, 0.2) is 24.3 Å². The van der Waals surface area contributed by atoms with Crippen molar-refractivity contribution in [2.45, 2.75) is 32.8 Å². The lowest BCUT2D eigenvalue weighted by atomic mass is 10.1. The molecule has 0 bridgehead atoms. The first-order valence-corrected chi connectivity index (χ1v) is 6.71. The van der Waals surface area contributed by atoms with Crippen molar-refractivity contribution in [1.82, 2.24) is 10.2 Å². The molecule has 6 heteroatoms. The Hall–Kier alpha value is -2.24. The number of aromatic nitrogens is 2. The number of halogens is 2. The second-order valence-corrected chi connectivity index (χ2v) is 4.74. The Kier molecular flexibility index (Phi) is 4.67. The molecule has 2 rings (SSSR count). The molecule has 112 valence electrons. The molecule has 0 saturated carbocycles. The van der Waals surface area contributed by atoms with Crippen molar-refractivity contribution in [2.24, 2.45) is 0 Å². The zero-order valence-corrected chi connectivity index (χ0v) is 11.8. The summed E-state index contributed by atoms with van der Waals surface area (Å²) in [7, 11) is 0. The van der Waals surface area contributed by atoms with Gasteiger partial charge in [-0.25, -0.2) is 13.6 Å². The molecule has 0 aliphatic carbocycles. The fourth-order valence-corrected chi connectivity index (χ4v) is 1.98. The van der Waals surface area contributed by atoms with Crippen molar-refractivity contribution in [2.75, 3.05) is 0 Å². The predicted octanol–water partition coefficient (Wildman–Crippen LogP) is 3.56. The van der Waals surface area contributed by atoms with Crippen LogP contribution in [0.5, 0.6) is 0 Å². The fraction of sp³-hybridized carbons (Fsp3) is 0.333. The Morgan fingerprint density at radius 2 is 2.14 bits per heavy atom. The molecule has 2 aromatic rings. The van der Waals surface area contributed by atoms with Crippen LogP contribution in [-0.4, -0.2) is 16.2 Å². The summed E-state index contributed by atoms with van der Waals surface area (Å²) < 4.78 is 31.6. The molecule has 0 aliphatic rings. The zero-order valence-electron chi connectivity index (χ0n) is 11.8. The molecule has 1 aromatic carbocycles. The Morgan fingerprint density at radius 1 is 1.38 bits per heavy atom. The highest BCUT2D eigenvalue weighted by atomic mass is 19.1. The topological polar surface area (TPSA) is 55.0 Å². The third-order valence-corrected chi connectivity index (χ3v) is 3.04. The number of aromatic amines is 1. The first-order valence-electron chi connectivity index (χ1n) is 6.71. The highest BCUT2D eigenvalue weighted by Gasteiger charge is 2.19. The van der Waals surface area contributed by atoms with Crippen molar-refractivity contribution in [3.8, 4) is 0 Å². The van der Waals surface area contributed by atoms with E-state index in [4.69, 9.17) is 4.74 Å². The number of ether oxygens (including phenoxy) is 1. The van der Waals surface area contributed by atoms with Gasteiger partial charge in [0.15, 0.2) is 5.69 Å². The molecule has 1 atom stereocenters. The van der Waals surface area contributed by atoms with Gasteiger partial charge in [0.05, 0.1) is 0 Å². The van der Waals surface area contributed by atoms with Gasteiger partial charge in [0.2, 0.25) is 0 Å². The molecule has 1 heterocycles. The smallest absolute Gasteiger partial charge is 0.359 e. The van der Waals surface area contributed by atoms with Crippen LogP contribution < -0.4 is 0 Å². The molecular formula is C15H16F2N2O2. The summed E-state index contributed by atoms with van der Waals surface area (Å²) in [6.45, 7) is 3.53.